The first-order valence-electron chi connectivity index (χ1n) is 7.05. The average Bonchev–Trinajstić information content (AvgIpc) is 2.50. The zero-order valence-electron chi connectivity index (χ0n) is 11.1. The summed E-state index contributed by atoms with van der Waals surface area (Å²) in [5.41, 5.74) is 2.11. The molecule has 100 valence electrons. The van der Waals surface area contributed by atoms with E-state index in [1.54, 1.807) is 0 Å². The highest BCUT2D eigenvalue weighted by Crippen LogP contribution is 2.41. The molecule has 2 nitrogen and oxygen atoms in total. The van der Waals surface area contributed by atoms with Gasteiger partial charge in [-0.15, -0.1) is 0 Å². The lowest BCUT2D eigenvalue weighted by atomic mass is 9.81. The zero-order valence-corrected chi connectivity index (χ0v) is 11.1. The third kappa shape index (κ3) is 1.52. The molecule has 2 heteroatoms. The van der Waals surface area contributed by atoms with Gasteiger partial charge < -0.3 is 10.2 Å². The molecule has 0 spiro atoms. The molecule has 1 aliphatic rings. The predicted molar refractivity (Wildman–Crippen MR) is 80.7 cm³/mol. The summed E-state index contributed by atoms with van der Waals surface area (Å²) in [6, 6.07) is 16.5. The van der Waals surface area contributed by atoms with Crippen molar-refractivity contribution in [3.8, 4) is 0 Å². The number of rotatable bonds is 0. The first kappa shape index (κ1) is 11.9. The van der Waals surface area contributed by atoms with Gasteiger partial charge in [0.25, 0.3) is 0 Å². The minimum atomic E-state index is -0.784. The molecule has 0 saturated carbocycles. The average molecular weight is 264 g/mol. The molecule has 4 rings (SSSR count). The number of hydrogen-bond donors (Lipinski definition) is 2. The third-order valence-corrected chi connectivity index (χ3v) is 4.44. The standard InChI is InChI=1S/C18H16O2/c19-16-10-9-15-13-7-2-1-5-11(13)12-6-3-4-8-14(12)17(15)18(16)20/h1-8,16,18-20H,9-10H2/t16-,18+/m1/s1. The molecule has 2 atom stereocenters. The number of fused-ring (bicyclic) bond motifs is 6. The lowest BCUT2D eigenvalue weighted by Crippen LogP contribution is -2.25. The van der Waals surface area contributed by atoms with E-state index in [-0.39, 0.29) is 0 Å². The molecule has 0 heterocycles. The van der Waals surface area contributed by atoms with Crippen LogP contribution < -0.4 is 0 Å². The molecule has 2 N–H and O–H groups in total. The SMILES string of the molecule is O[C@@H]1CCc2c(c3ccccc3c3ccccc23)[C@H]1O. The number of hydrogen-bond acceptors (Lipinski definition) is 2. The second-order valence-electron chi connectivity index (χ2n) is 5.53. The van der Waals surface area contributed by atoms with Crippen molar-refractivity contribution in [2.24, 2.45) is 0 Å². The van der Waals surface area contributed by atoms with Crippen LogP contribution in [0, 0.1) is 0 Å². The third-order valence-electron chi connectivity index (χ3n) is 4.44. The van der Waals surface area contributed by atoms with Crippen molar-refractivity contribution in [2.45, 2.75) is 25.0 Å². The molecule has 20 heavy (non-hydrogen) atoms. The van der Waals surface area contributed by atoms with E-state index in [4.69, 9.17) is 0 Å². The van der Waals surface area contributed by atoms with Crippen LogP contribution in [0.3, 0.4) is 0 Å². The van der Waals surface area contributed by atoms with Gasteiger partial charge in [0.15, 0.2) is 0 Å². The summed E-state index contributed by atoms with van der Waals surface area (Å²) in [6.45, 7) is 0. The Kier molecular flexibility index (Phi) is 2.56. The van der Waals surface area contributed by atoms with Crippen LogP contribution in [0.2, 0.25) is 0 Å². The maximum absolute atomic E-state index is 10.4. The van der Waals surface area contributed by atoms with Crippen molar-refractivity contribution in [2.75, 3.05) is 0 Å². The Labute approximate surface area is 117 Å². The quantitative estimate of drug-likeness (QED) is 0.611. The van der Waals surface area contributed by atoms with Crippen molar-refractivity contribution in [1.29, 1.82) is 0 Å². The lowest BCUT2D eigenvalue weighted by molar-refractivity contribution is 0.00771. The van der Waals surface area contributed by atoms with E-state index in [0.717, 1.165) is 22.8 Å². The van der Waals surface area contributed by atoms with Gasteiger partial charge in [0.1, 0.15) is 6.10 Å². The predicted octanol–water partition coefficient (Wildman–Crippen LogP) is 3.33. The highest BCUT2D eigenvalue weighted by atomic mass is 16.3. The smallest absolute Gasteiger partial charge is 0.106 e. The molecule has 0 bridgehead atoms. The molecule has 3 aromatic carbocycles. The summed E-state index contributed by atoms with van der Waals surface area (Å²) in [4.78, 5) is 0. The first-order chi connectivity index (χ1) is 9.77. The van der Waals surface area contributed by atoms with Gasteiger partial charge in [0.2, 0.25) is 0 Å². The normalized spacial score (nSPS) is 22.1. The summed E-state index contributed by atoms with van der Waals surface area (Å²) in [5, 5.41) is 25.1. The molecular weight excluding hydrogens is 248 g/mol. The summed E-state index contributed by atoms with van der Waals surface area (Å²) >= 11 is 0. The van der Waals surface area contributed by atoms with E-state index in [1.165, 1.54) is 16.3 Å². The van der Waals surface area contributed by atoms with E-state index >= 15 is 0 Å². The van der Waals surface area contributed by atoms with Crippen LogP contribution >= 0.6 is 0 Å². The molecule has 1 aliphatic carbocycles. The Balaban J connectivity index is 2.24. The summed E-state index contributed by atoms with van der Waals surface area (Å²) < 4.78 is 0. The van der Waals surface area contributed by atoms with Crippen LogP contribution in [0.25, 0.3) is 21.5 Å². The summed E-state index contributed by atoms with van der Waals surface area (Å²) in [5.74, 6) is 0. The van der Waals surface area contributed by atoms with E-state index in [0.29, 0.717) is 6.42 Å². The molecule has 0 saturated heterocycles. The Morgan fingerprint density at radius 3 is 2.00 bits per heavy atom. The monoisotopic (exact) mass is 264 g/mol. The minimum absolute atomic E-state index is 0.622. The Bertz CT molecular complexity index is 807. The van der Waals surface area contributed by atoms with E-state index in [1.807, 2.05) is 24.3 Å². The van der Waals surface area contributed by atoms with Crippen LogP contribution in [-0.2, 0) is 6.42 Å². The summed E-state index contributed by atoms with van der Waals surface area (Å²) in [6.07, 6.45) is -0.00425. The van der Waals surface area contributed by atoms with Gasteiger partial charge >= 0.3 is 0 Å². The van der Waals surface area contributed by atoms with Gasteiger partial charge in [-0.25, -0.2) is 0 Å². The van der Waals surface area contributed by atoms with Gasteiger partial charge in [-0.2, -0.15) is 0 Å². The van der Waals surface area contributed by atoms with Crippen molar-refractivity contribution in [3.05, 3.63) is 59.7 Å². The fraction of sp³-hybridized carbons (Fsp3) is 0.222. The Morgan fingerprint density at radius 2 is 1.30 bits per heavy atom. The van der Waals surface area contributed by atoms with Crippen LogP contribution in [0.15, 0.2) is 48.5 Å². The molecular formula is C18H16O2. The molecule has 0 amide bonds. The maximum atomic E-state index is 10.4. The van der Waals surface area contributed by atoms with Gasteiger partial charge in [0, 0.05) is 0 Å². The molecule has 0 radical (unpaired) electrons. The Hall–Kier alpha value is -1.90. The molecule has 0 aliphatic heterocycles. The van der Waals surface area contributed by atoms with E-state index < -0.39 is 12.2 Å². The topological polar surface area (TPSA) is 40.5 Å². The largest absolute Gasteiger partial charge is 0.390 e. The highest BCUT2D eigenvalue weighted by Gasteiger charge is 2.29. The first-order valence-corrected chi connectivity index (χ1v) is 7.05. The van der Waals surface area contributed by atoms with E-state index in [9.17, 15) is 10.2 Å². The molecule has 3 aromatic rings. The lowest BCUT2D eigenvalue weighted by Gasteiger charge is -2.29. The fourth-order valence-electron chi connectivity index (χ4n) is 3.49. The van der Waals surface area contributed by atoms with Gasteiger partial charge in [0.05, 0.1) is 6.10 Å². The van der Waals surface area contributed by atoms with Crippen LogP contribution in [0.1, 0.15) is 23.7 Å². The number of benzene rings is 3. The number of aliphatic hydroxyl groups is 2. The van der Waals surface area contributed by atoms with Gasteiger partial charge in [-0.1, -0.05) is 48.5 Å². The highest BCUT2D eigenvalue weighted by molar-refractivity contribution is 6.11. The Morgan fingerprint density at radius 1 is 0.750 bits per heavy atom. The molecule has 0 aromatic heterocycles. The molecule has 0 fully saturated rings. The van der Waals surface area contributed by atoms with Crippen LogP contribution in [0.4, 0.5) is 0 Å². The van der Waals surface area contributed by atoms with Crippen molar-refractivity contribution < 1.29 is 10.2 Å². The maximum Gasteiger partial charge on any atom is 0.106 e. The summed E-state index contributed by atoms with van der Waals surface area (Å²) in [7, 11) is 0. The number of aliphatic hydroxyl groups excluding tert-OH is 2. The fourth-order valence-corrected chi connectivity index (χ4v) is 3.49. The van der Waals surface area contributed by atoms with Crippen LogP contribution in [0.5, 0.6) is 0 Å². The minimum Gasteiger partial charge on any atom is -0.390 e. The van der Waals surface area contributed by atoms with Crippen molar-refractivity contribution in [3.63, 3.8) is 0 Å². The van der Waals surface area contributed by atoms with Gasteiger partial charge in [-0.05, 0) is 45.5 Å². The van der Waals surface area contributed by atoms with Crippen LogP contribution in [-0.4, -0.2) is 16.3 Å². The number of aryl methyl sites for hydroxylation is 1. The van der Waals surface area contributed by atoms with E-state index in [2.05, 4.69) is 24.3 Å². The van der Waals surface area contributed by atoms with Crippen molar-refractivity contribution in [1.82, 2.24) is 0 Å². The molecule has 0 unspecified atom stereocenters. The zero-order chi connectivity index (χ0) is 13.7. The second-order valence-corrected chi connectivity index (χ2v) is 5.53. The van der Waals surface area contributed by atoms with Crippen molar-refractivity contribution >= 4 is 21.5 Å². The van der Waals surface area contributed by atoms with Gasteiger partial charge in [-0.3, -0.25) is 0 Å². The second kappa shape index (κ2) is 4.30.